The second kappa shape index (κ2) is 5.61. The minimum Gasteiger partial charge on any atom is -0.439 e. The van der Waals surface area contributed by atoms with E-state index in [1.54, 1.807) is 42.5 Å². The van der Waals surface area contributed by atoms with Crippen molar-refractivity contribution < 1.29 is 17.9 Å². The van der Waals surface area contributed by atoms with Crippen LogP contribution in [0.3, 0.4) is 0 Å². The van der Waals surface area contributed by atoms with Crippen LogP contribution in [0.4, 0.5) is 0 Å². The number of amides is 1. The Morgan fingerprint density at radius 2 is 1.68 bits per heavy atom. The molecule has 0 aliphatic carbocycles. The Labute approximate surface area is 127 Å². The molecule has 6 nitrogen and oxygen atoms in total. The average Bonchev–Trinajstić information content (AvgIpc) is 2.68. The third-order valence-electron chi connectivity index (χ3n) is 3.06. The van der Waals surface area contributed by atoms with Crippen LogP contribution in [0.5, 0.6) is 5.75 Å². The van der Waals surface area contributed by atoms with Gasteiger partial charge in [0, 0.05) is 0 Å². The number of fused-ring (bicyclic) bond motifs is 1. The van der Waals surface area contributed by atoms with Crippen molar-refractivity contribution in [2.24, 2.45) is 5.10 Å². The number of ether oxygens (including phenoxy) is 1. The topological polar surface area (TPSA) is 84.8 Å². The zero-order valence-electron chi connectivity index (χ0n) is 11.4. The molecule has 0 unspecified atom stereocenters. The summed E-state index contributed by atoms with van der Waals surface area (Å²) < 4.78 is 30.1. The van der Waals surface area contributed by atoms with Crippen molar-refractivity contribution in [3.63, 3.8) is 0 Å². The van der Waals surface area contributed by atoms with Gasteiger partial charge in [0.15, 0.2) is 9.84 Å². The monoisotopic (exact) mass is 316 g/mol. The Balaban J connectivity index is 1.89. The third-order valence-corrected chi connectivity index (χ3v) is 4.67. The number of rotatable bonds is 3. The van der Waals surface area contributed by atoms with Crippen LogP contribution in [0.25, 0.3) is 0 Å². The van der Waals surface area contributed by atoms with Crippen LogP contribution < -0.4 is 10.2 Å². The van der Waals surface area contributed by atoms with Crippen LogP contribution in [-0.2, 0) is 9.84 Å². The van der Waals surface area contributed by atoms with Gasteiger partial charge in [-0.2, -0.15) is 0 Å². The van der Waals surface area contributed by atoms with Crippen LogP contribution in [0, 0.1) is 0 Å². The fourth-order valence-electron chi connectivity index (χ4n) is 2.00. The van der Waals surface area contributed by atoms with Gasteiger partial charge in [-0.25, -0.2) is 13.8 Å². The highest BCUT2D eigenvalue weighted by molar-refractivity contribution is 7.92. The molecule has 1 aliphatic rings. The van der Waals surface area contributed by atoms with Crippen molar-refractivity contribution in [3.8, 4) is 5.75 Å². The first-order valence-corrected chi connectivity index (χ1v) is 8.13. The smallest absolute Gasteiger partial charge is 0.275 e. The highest BCUT2D eigenvalue weighted by Crippen LogP contribution is 2.21. The van der Waals surface area contributed by atoms with Gasteiger partial charge in [0.25, 0.3) is 5.91 Å². The van der Waals surface area contributed by atoms with E-state index in [9.17, 15) is 13.2 Å². The Kier molecular flexibility index (Phi) is 3.64. The van der Waals surface area contributed by atoms with Crippen molar-refractivity contribution in [1.29, 1.82) is 0 Å². The minimum absolute atomic E-state index is 0.0813. The number of carbonyl (C=O) groups is 1. The number of hydrazone groups is 1. The third kappa shape index (κ3) is 2.84. The van der Waals surface area contributed by atoms with Gasteiger partial charge in [0.2, 0.25) is 5.90 Å². The molecule has 1 amide bonds. The van der Waals surface area contributed by atoms with Crippen LogP contribution in [-0.4, -0.2) is 26.0 Å². The van der Waals surface area contributed by atoms with Crippen molar-refractivity contribution in [1.82, 2.24) is 5.43 Å². The molecule has 0 saturated carbocycles. The number of carbonyl (C=O) groups excluding carboxylic acids is 1. The lowest BCUT2D eigenvalue weighted by molar-refractivity contribution is 0.0955. The Morgan fingerprint density at radius 3 is 2.45 bits per heavy atom. The second-order valence-electron chi connectivity index (χ2n) is 4.62. The van der Waals surface area contributed by atoms with Crippen LogP contribution >= 0.6 is 0 Å². The molecule has 1 N–H and O–H groups in total. The molecule has 0 aromatic heterocycles. The lowest BCUT2D eigenvalue weighted by atomic mass is 10.2. The number of nitrogens with zero attached hydrogens (tertiary/aromatic N) is 1. The largest absolute Gasteiger partial charge is 0.439 e. The highest BCUT2D eigenvalue weighted by atomic mass is 32.2. The van der Waals surface area contributed by atoms with Crippen molar-refractivity contribution in [3.05, 3.63) is 60.2 Å². The normalized spacial score (nSPS) is 14.2. The highest BCUT2D eigenvalue weighted by Gasteiger charge is 2.23. The number of para-hydroxylation sites is 1. The van der Waals surface area contributed by atoms with Gasteiger partial charge in [-0.1, -0.05) is 30.3 Å². The van der Waals surface area contributed by atoms with Gasteiger partial charge in [-0.15, -0.1) is 5.10 Å². The van der Waals surface area contributed by atoms with Crippen LogP contribution in [0.1, 0.15) is 10.4 Å². The van der Waals surface area contributed by atoms with Crippen LogP contribution in [0.2, 0.25) is 0 Å². The predicted molar refractivity (Wildman–Crippen MR) is 80.5 cm³/mol. The summed E-state index contributed by atoms with van der Waals surface area (Å²) in [5, 5.41) is 3.75. The molecular weight excluding hydrogens is 304 g/mol. The van der Waals surface area contributed by atoms with E-state index in [0.717, 1.165) is 0 Å². The fourth-order valence-corrected chi connectivity index (χ4v) is 3.19. The Hall–Kier alpha value is -2.67. The molecule has 0 radical (unpaired) electrons. The first-order chi connectivity index (χ1) is 10.6. The fraction of sp³-hybridized carbons (Fsp3) is 0.0667. The summed E-state index contributed by atoms with van der Waals surface area (Å²) in [5.41, 5.74) is 2.59. The van der Waals surface area contributed by atoms with E-state index in [1.807, 2.05) is 0 Å². The van der Waals surface area contributed by atoms with E-state index < -0.39 is 21.5 Å². The average molecular weight is 316 g/mol. The van der Waals surface area contributed by atoms with E-state index >= 15 is 0 Å². The first-order valence-electron chi connectivity index (χ1n) is 6.48. The van der Waals surface area contributed by atoms with Crippen molar-refractivity contribution in [2.75, 3.05) is 5.75 Å². The van der Waals surface area contributed by atoms with E-state index in [0.29, 0.717) is 5.56 Å². The van der Waals surface area contributed by atoms with Gasteiger partial charge in [0.05, 0.1) is 10.5 Å². The molecule has 0 atom stereocenters. The molecule has 0 fully saturated rings. The number of hydrogen-bond acceptors (Lipinski definition) is 5. The SMILES string of the molecule is O=C1NN=C(CS(=O)(=O)c2ccccc2)Oc2ccccc21. The zero-order chi connectivity index (χ0) is 15.6. The van der Waals surface area contributed by atoms with Gasteiger partial charge in [0.1, 0.15) is 11.5 Å². The number of sulfone groups is 1. The molecule has 112 valence electrons. The summed E-state index contributed by atoms with van der Waals surface area (Å²) in [6, 6.07) is 14.6. The van der Waals surface area contributed by atoms with Crippen molar-refractivity contribution in [2.45, 2.75) is 4.90 Å². The molecular formula is C15H12N2O4S. The summed E-state index contributed by atoms with van der Waals surface area (Å²) in [5.74, 6) is -0.685. The molecule has 0 spiro atoms. The molecule has 0 bridgehead atoms. The molecule has 2 aromatic rings. The molecule has 0 saturated heterocycles. The number of benzene rings is 2. The maximum atomic E-state index is 12.3. The molecule has 1 aliphatic heterocycles. The summed E-state index contributed by atoms with van der Waals surface area (Å²) in [6.45, 7) is 0. The van der Waals surface area contributed by atoms with Gasteiger partial charge in [-0.05, 0) is 24.3 Å². The van der Waals surface area contributed by atoms with E-state index in [4.69, 9.17) is 4.74 Å². The van der Waals surface area contributed by atoms with Gasteiger partial charge < -0.3 is 4.74 Å². The Bertz CT molecular complexity index is 845. The van der Waals surface area contributed by atoms with Crippen LogP contribution in [0.15, 0.2) is 64.6 Å². The standard InChI is InChI=1S/C15H12N2O4S/c18-15-12-8-4-5-9-13(12)21-14(16-17-15)10-22(19,20)11-6-2-1-3-7-11/h1-9H,10H2,(H,17,18). The van der Waals surface area contributed by atoms with Gasteiger partial charge >= 0.3 is 0 Å². The van der Waals surface area contributed by atoms with Gasteiger partial charge in [-0.3, -0.25) is 4.79 Å². The maximum absolute atomic E-state index is 12.3. The van der Waals surface area contributed by atoms with E-state index in [-0.39, 0.29) is 16.5 Å². The Morgan fingerprint density at radius 1 is 1.00 bits per heavy atom. The lowest BCUT2D eigenvalue weighted by Gasteiger charge is -2.08. The second-order valence-corrected chi connectivity index (χ2v) is 6.61. The van der Waals surface area contributed by atoms with E-state index in [1.165, 1.54) is 12.1 Å². The molecule has 22 heavy (non-hydrogen) atoms. The maximum Gasteiger partial charge on any atom is 0.275 e. The number of hydrogen-bond donors (Lipinski definition) is 1. The number of nitrogens with one attached hydrogen (secondary N) is 1. The summed E-state index contributed by atoms with van der Waals surface area (Å²) in [4.78, 5) is 12.0. The summed E-state index contributed by atoms with van der Waals surface area (Å²) >= 11 is 0. The summed E-state index contributed by atoms with van der Waals surface area (Å²) in [7, 11) is -3.60. The predicted octanol–water partition coefficient (Wildman–Crippen LogP) is 1.60. The molecule has 1 heterocycles. The minimum atomic E-state index is -3.60. The quantitative estimate of drug-likeness (QED) is 0.932. The first kappa shape index (κ1) is 14.3. The molecule has 3 rings (SSSR count). The zero-order valence-corrected chi connectivity index (χ0v) is 12.2. The molecule has 2 aromatic carbocycles. The van der Waals surface area contributed by atoms with E-state index in [2.05, 4.69) is 10.5 Å². The summed E-state index contributed by atoms with van der Waals surface area (Å²) in [6.07, 6.45) is 0. The van der Waals surface area contributed by atoms with Crippen molar-refractivity contribution >= 4 is 21.6 Å². The lowest BCUT2D eigenvalue weighted by Crippen LogP contribution is -2.23. The molecule has 7 heteroatoms.